The molecule has 0 saturated carbocycles. The van der Waals surface area contributed by atoms with Gasteiger partial charge >= 0.3 is 6.09 Å². The smallest absolute Gasteiger partial charge is 0.407 e. The van der Waals surface area contributed by atoms with E-state index < -0.39 is 6.09 Å². The fourth-order valence-corrected chi connectivity index (χ4v) is 4.47. The lowest BCUT2D eigenvalue weighted by atomic mass is 10.1. The van der Waals surface area contributed by atoms with Gasteiger partial charge in [-0.25, -0.2) is 9.78 Å². The van der Waals surface area contributed by atoms with Gasteiger partial charge in [0.25, 0.3) is 0 Å². The number of nitriles is 1. The van der Waals surface area contributed by atoms with Crippen molar-refractivity contribution in [3.05, 3.63) is 45.4 Å². The molecule has 0 spiro atoms. The number of nitrogens with zero attached hydrogens (tertiary/aromatic N) is 3. The lowest BCUT2D eigenvalue weighted by molar-refractivity contribution is 0.112. The molecule has 2 heterocycles. The summed E-state index contributed by atoms with van der Waals surface area (Å²) in [7, 11) is 0. The van der Waals surface area contributed by atoms with Crippen molar-refractivity contribution < 1.29 is 9.53 Å². The number of amides is 1. The Kier molecular flexibility index (Phi) is 4.69. The normalized spacial score (nSPS) is 15.6. The fourth-order valence-electron chi connectivity index (χ4n) is 3.80. The first-order valence-corrected chi connectivity index (χ1v) is 10.0. The molecule has 1 aromatic carbocycles. The maximum Gasteiger partial charge on any atom is 0.407 e. The SMILES string of the molecule is CC(C)OC(=O)NC1Cc2c(n(Cc3scnc3N)c3ccc(C#N)cc23)C1. The molecule has 1 atom stereocenters. The summed E-state index contributed by atoms with van der Waals surface area (Å²) in [6, 6.07) is 7.93. The molecule has 0 aliphatic heterocycles. The van der Waals surface area contributed by atoms with Crippen molar-refractivity contribution in [3.8, 4) is 6.07 Å². The summed E-state index contributed by atoms with van der Waals surface area (Å²) < 4.78 is 7.45. The maximum absolute atomic E-state index is 12.0. The molecule has 0 fully saturated rings. The number of anilines is 1. The molecule has 3 aromatic rings. The van der Waals surface area contributed by atoms with E-state index in [9.17, 15) is 10.1 Å². The number of nitrogens with one attached hydrogen (secondary N) is 1. The summed E-state index contributed by atoms with van der Waals surface area (Å²) in [4.78, 5) is 17.2. The van der Waals surface area contributed by atoms with Crippen molar-refractivity contribution in [3.63, 3.8) is 0 Å². The zero-order chi connectivity index (χ0) is 19.8. The van der Waals surface area contributed by atoms with E-state index in [2.05, 4.69) is 20.9 Å². The molecule has 28 heavy (non-hydrogen) atoms. The third-order valence-electron chi connectivity index (χ3n) is 4.94. The van der Waals surface area contributed by atoms with Crippen LogP contribution < -0.4 is 11.1 Å². The van der Waals surface area contributed by atoms with Crippen LogP contribution in [0.25, 0.3) is 10.9 Å². The zero-order valence-electron chi connectivity index (χ0n) is 15.7. The van der Waals surface area contributed by atoms with E-state index in [1.807, 2.05) is 32.0 Å². The third kappa shape index (κ3) is 3.29. The minimum Gasteiger partial charge on any atom is -0.447 e. The largest absolute Gasteiger partial charge is 0.447 e. The molecule has 1 aliphatic carbocycles. The molecule has 7 nitrogen and oxygen atoms in total. The predicted octanol–water partition coefficient (Wildman–Crippen LogP) is 3.20. The van der Waals surface area contributed by atoms with Gasteiger partial charge in [-0.15, -0.1) is 11.3 Å². The molecule has 0 radical (unpaired) electrons. The first-order valence-electron chi connectivity index (χ1n) is 9.15. The first-order chi connectivity index (χ1) is 13.5. The summed E-state index contributed by atoms with van der Waals surface area (Å²) in [6.45, 7) is 4.28. The number of benzene rings is 1. The van der Waals surface area contributed by atoms with Gasteiger partial charge in [-0.05, 0) is 44.0 Å². The van der Waals surface area contributed by atoms with Crippen LogP contribution in [0.2, 0.25) is 0 Å². The van der Waals surface area contributed by atoms with Gasteiger partial charge in [-0.3, -0.25) is 0 Å². The summed E-state index contributed by atoms with van der Waals surface area (Å²) in [5.41, 5.74) is 11.8. The minimum absolute atomic E-state index is 0.0311. The zero-order valence-corrected chi connectivity index (χ0v) is 16.5. The Balaban J connectivity index is 1.70. The highest BCUT2D eigenvalue weighted by atomic mass is 32.1. The van der Waals surface area contributed by atoms with E-state index in [0.29, 0.717) is 30.8 Å². The number of hydrogen-bond acceptors (Lipinski definition) is 6. The van der Waals surface area contributed by atoms with Crippen LogP contribution >= 0.6 is 11.3 Å². The first kappa shape index (κ1) is 18.3. The van der Waals surface area contributed by atoms with Crippen molar-refractivity contribution in [2.24, 2.45) is 0 Å². The quantitative estimate of drug-likeness (QED) is 0.706. The third-order valence-corrected chi connectivity index (χ3v) is 5.78. The molecule has 1 aliphatic rings. The Morgan fingerprint density at radius 1 is 1.50 bits per heavy atom. The number of nitrogens with two attached hydrogens (primary N) is 1. The number of ether oxygens (including phenoxy) is 1. The standard InChI is InChI=1S/C20H21N5O2S/c1-11(2)27-20(26)24-13-6-15-14-5-12(8-21)3-4-16(14)25(17(15)7-13)9-18-19(22)23-10-28-18/h3-5,10-11,13H,6-7,9,22H2,1-2H3,(H,24,26). The number of nitrogen functional groups attached to an aromatic ring is 1. The Morgan fingerprint density at radius 3 is 3.00 bits per heavy atom. The minimum atomic E-state index is -0.398. The number of hydrogen-bond donors (Lipinski definition) is 2. The highest BCUT2D eigenvalue weighted by molar-refractivity contribution is 7.10. The molecule has 4 rings (SSSR count). The lowest BCUT2D eigenvalue weighted by Crippen LogP contribution is -2.37. The van der Waals surface area contributed by atoms with Gasteiger partial charge in [0, 0.05) is 29.1 Å². The fraction of sp³-hybridized carbons (Fsp3) is 0.350. The Labute approximate surface area is 166 Å². The monoisotopic (exact) mass is 395 g/mol. The average Bonchev–Trinajstić information content (AvgIpc) is 3.30. The summed E-state index contributed by atoms with van der Waals surface area (Å²) in [6.07, 6.45) is 0.855. The van der Waals surface area contributed by atoms with Crippen LogP contribution in [0.15, 0.2) is 23.7 Å². The molecule has 0 bridgehead atoms. The van der Waals surface area contributed by atoms with Gasteiger partial charge in [0.15, 0.2) is 0 Å². The highest BCUT2D eigenvalue weighted by Gasteiger charge is 2.30. The topological polar surface area (TPSA) is 106 Å². The van der Waals surface area contributed by atoms with Crippen LogP contribution in [0.4, 0.5) is 10.6 Å². The molecule has 3 N–H and O–H groups in total. The summed E-state index contributed by atoms with van der Waals surface area (Å²) in [5.74, 6) is 0.544. The number of fused-ring (bicyclic) bond motifs is 3. The molecule has 0 saturated heterocycles. The van der Waals surface area contributed by atoms with Crippen LogP contribution in [0, 0.1) is 11.3 Å². The Hall–Kier alpha value is -3.05. The van der Waals surface area contributed by atoms with Gasteiger partial charge in [0.05, 0.1) is 34.7 Å². The summed E-state index contributed by atoms with van der Waals surface area (Å²) >= 11 is 1.53. The van der Waals surface area contributed by atoms with Gasteiger partial charge in [-0.1, -0.05) is 0 Å². The number of rotatable bonds is 4. The molecule has 1 unspecified atom stereocenters. The van der Waals surface area contributed by atoms with Crippen molar-refractivity contribution >= 4 is 34.2 Å². The highest BCUT2D eigenvalue weighted by Crippen LogP contribution is 2.35. The van der Waals surface area contributed by atoms with E-state index in [-0.39, 0.29) is 12.1 Å². The van der Waals surface area contributed by atoms with Crippen molar-refractivity contribution in [2.45, 2.75) is 45.4 Å². The number of carbonyl (C=O) groups excluding carboxylic acids is 1. The predicted molar refractivity (Wildman–Crippen MR) is 108 cm³/mol. The summed E-state index contributed by atoms with van der Waals surface area (Å²) in [5, 5.41) is 13.3. The van der Waals surface area contributed by atoms with Crippen LogP contribution in [-0.2, 0) is 24.1 Å². The Morgan fingerprint density at radius 2 is 2.32 bits per heavy atom. The second kappa shape index (κ2) is 7.17. The van der Waals surface area contributed by atoms with Crippen molar-refractivity contribution in [1.82, 2.24) is 14.9 Å². The number of alkyl carbamates (subject to hydrolysis) is 1. The van der Waals surface area contributed by atoms with E-state index in [4.69, 9.17) is 10.5 Å². The van der Waals surface area contributed by atoms with Crippen LogP contribution in [0.5, 0.6) is 0 Å². The van der Waals surface area contributed by atoms with Gasteiger partial charge in [0.2, 0.25) is 0 Å². The molecule has 1 amide bonds. The van der Waals surface area contributed by atoms with Gasteiger partial charge in [0.1, 0.15) is 5.82 Å². The molecular weight excluding hydrogens is 374 g/mol. The molecule has 144 valence electrons. The van der Waals surface area contributed by atoms with Crippen LogP contribution in [0.3, 0.4) is 0 Å². The maximum atomic E-state index is 12.0. The number of aromatic nitrogens is 2. The van der Waals surface area contributed by atoms with Crippen molar-refractivity contribution in [2.75, 3.05) is 5.73 Å². The van der Waals surface area contributed by atoms with E-state index in [0.717, 1.165) is 21.5 Å². The van der Waals surface area contributed by atoms with E-state index in [1.165, 1.54) is 16.9 Å². The molecular formula is C20H21N5O2S. The Bertz CT molecular complexity index is 1090. The average molecular weight is 395 g/mol. The van der Waals surface area contributed by atoms with Gasteiger partial charge < -0.3 is 20.4 Å². The second-order valence-corrected chi connectivity index (χ2v) is 8.16. The lowest BCUT2D eigenvalue weighted by Gasteiger charge is -2.16. The molecule has 8 heteroatoms. The second-order valence-electron chi connectivity index (χ2n) is 7.22. The van der Waals surface area contributed by atoms with Crippen LogP contribution in [-0.4, -0.2) is 27.8 Å². The molecule has 2 aromatic heterocycles. The van der Waals surface area contributed by atoms with Crippen LogP contribution in [0.1, 0.15) is 35.5 Å². The number of carbonyl (C=O) groups is 1. The van der Waals surface area contributed by atoms with Gasteiger partial charge in [-0.2, -0.15) is 5.26 Å². The van der Waals surface area contributed by atoms with Crippen molar-refractivity contribution in [1.29, 1.82) is 5.26 Å². The number of thiazole rings is 1. The van der Waals surface area contributed by atoms with E-state index >= 15 is 0 Å². The van der Waals surface area contributed by atoms with E-state index in [1.54, 1.807) is 5.51 Å².